The van der Waals surface area contributed by atoms with E-state index >= 15 is 0 Å². The van der Waals surface area contributed by atoms with Crippen LogP contribution in [0, 0.1) is 0 Å². The molecule has 2 N–H and O–H groups in total. The topological polar surface area (TPSA) is 61.4 Å². The SMILES string of the molecule is CCN(CC)C(=O)c1ccc(NC(=O)N[C@H](C)c2cccc(Cl)c2)cc1. The molecule has 2 rings (SSSR count). The minimum atomic E-state index is -0.319. The van der Waals surface area contributed by atoms with Gasteiger partial charge in [0.25, 0.3) is 5.91 Å². The van der Waals surface area contributed by atoms with E-state index in [1.807, 2.05) is 39.0 Å². The average Bonchev–Trinajstić information content (AvgIpc) is 2.63. The summed E-state index contributed by atoms with van der Waals surface area (Å²) in [5.74, 6) is -0.0134. The Morgan fingerprint density at radius 3 is 2.31 bits per heavy atom. The van der Waals surface area contributed by atoms with Gasteiger partial charge in [-0.15, -0.1) is 0 Å². The lowest BCUT2D eigenvalue weighted by atomic mass is 10.1. The Hall–Kier alpha value is -2.53. The van der Waals surface area contributed by atoms with E-state index in [0.717, 1.165) is 5.56 Å². The maximum atomic E-state index is 12.3. The van der Waals surface area contributed by atoms with Crippen LogP contribution in [0.15, 0.2) is 48.5 Å². The number of amides is 3. The van der Waals surface area contributed by atoms with Gasteiger partial charge in [-0.1, -0.05) is 23.7 Å². The molecular weight excluding hydrogens is 350 g/mol. The van der Waals surface area contributed by atoms with Crippen molar-refractivity contribution in [1.82, 2.24) is 10.2 Å². The highest BCUT2D eigenvalue weighted by Gasteiger charge is 2.13. The standard InChI is InChI=1S/C20H24ClN3O2/c1-4-24(5-2)19(25)15-9-11-18(12-10-15)23-20(26)22-14(3)16-7-6-8-17(21)13-16/h6-14H,4-5H2,1-3H3,(H2,22,23,26)/t14-/m1/s1. The number of hydrogen-bond donors (Lipinski definition) is 2. The first-order valence-corrected chi connectivity index (χ1v) is 9.04. The van der Waals surface area contributed by atoms with Crippen LogP contribution >= 0.6 is 11.6 Å². The quantitative estimate of drug-likeness (QED) is 0.770. The Bertz CT molecular complexity index is 758. The normalized spacial score (nSPS) is 11.5. The Morgan fingerprint density at radius 1 is 1.08 bits per heavy atom. The third-order valence-electron chi connectivity index (χ3n) is 4.14. The van der Waals surface area contributed by atoms with Crippen molar-refractivity contribution >= 4 is 29.2 Å². The maximum absolute atomic E-state index is 12.3. The summed E-state index contributed by atoms with van der Waals surface area (Å²) in [5.41, 5.74) is 2.15. The Kier molecular flexibility index (Phi) is 7.04. The second-order valence-corrected chi connectivity index (χ2v) is 6.37. The summed E-state index contributed by atoms with van der Waals surface area (Å²) in [6, 6.07) is 13.7. The number of nitrogens with zero attached hydrogens (tertiary/aromatic N) is 1. The van der Waals surface area contributed by atoms with Crippen molar-refractivity contribution in [3.8, 4) is 0 Å². The largest absolute Gasteiger partial charge is 0.339 e. The number of nitrogens with one attached hydrogen (secondary N) is 2. The molecule has 6 heteroatoms. The maximum Gasteiger partial charge on any atom is 0.319 e. The van der Waals surface area contributed by atoms with Crippen LogP contribution in [0.4, 0.5) is 10.5 Å². The van der Waals surface area contributed by atoms with Crippen molar-refractivity contribution in [2.75, 3.05) is 18.4 Å². The fourth-order valence-electron chi connectivity index (χ4n) is 2.61. The second-order valence-electron chi connectivity index (χ2n) is 5.93. The fraction of sp³-hybridized carbons (Fsp3) is 0.300. The number of hydrogen-bond acceptors (Lipinski definition) is 2. The molecule has 0 heterocycles. The minimum absolute atomic E-state index is 0.0134. The number of carbonyl (C=O) groups excluding carboxylic acids is 2. The molecule has 0 saturated carbocycles. The van der Waals surface area contributed by atoms with E-state index < -0.39 is 0 Å². The van der Waals surface area contributed by atoms with Crippen molar-refractivity contribution in [3.63, 3.8) is 0 Å². The summed E-state index contributed by atoms with van der Waals surface area (Å²) in [5, 5.41) is 6.26. The average molecular weight is 374 g/mol. The third kappa shape index (κ3) is 5.23. The van der Waals surface area contributed by atoms with Crippen molar-refractivity contribution in [2.24, 2.45) is 0 Å². The summed E-state index contributed by atoms with van der Waals surface area (Å²) in [6.45, 7) is 7.11. The first-order chi connectivity index (χ1) is 12.4. The molecule has 138 valence electrons. The number of urea groups is 1. The number of benzene rings is 2. The number of anilines is 1. The van der Waals surface area contributed by atoms with Crippen LogP contribution in [-0.2, 0) is 0 Å². The second kappa shape index (κ2) is 9.25. The molecule has 3 amide bonds. The zero-order valence-corrected chi connectivity index (χ0v) is 16.0. The first-order valence-electron chi connectivity index (χ1n) is 8.66. The summed E-state index contributed by atoms with van der Waals surface area (Å²) in [4.78, 5) is 26.2. The van der Waals surface area contributed by atoms with E-state index in [2.05, 4.69) is 10.6 Å². The van der Waals surface area contributed by atoms with E-state index in [-0.39, 0.29) is 18.0 Å². The van der Waals surface area contributed by atoms with Gasteiger partial charge in [0.1, 0.15) is 0 Å². The van der Waals surface area contributed by atoms with Crippen LogP contribution in [0.3, 0.4) is 0 Å². The van der Waals surface area contributed by atoms with Crippen LogP contribution in [0.1, 0.15) is 42.7 Å². The molecule has 26 heavy (non-hydrogen) atoms. The van der Waals surface area contributed by atoms with Gasteiger partial charge in [0.05, 0.1) is 6.04 Å². The van der Waals surface area contributed by atoms with Gasteiger partial charge in [-0.2, -0.15) is 0 Å². The molecule has 0 fully saturated rings. The Balaban J connectivity index is 1.96. The molecule has 2 aromatic carbocycles. The summed E-state index contributed by atoms with van der Waals surface area (Å²) in [7, 11) is 0. The Morgan fingerprint density at radius 2 is 1.73 bits per heavy atom. The minimum Gasteiger partial charge on any atom is -0.339 e. The van der Waals surface area contributed by atoms with Crippen LogP contribution < -0.4 is 10.6 Å². The molecule has 0 saturated heterocycles. The highest BCUT2D eigenvalue weighted by Crippen LogP contribution is 2.18. The number of halogens is 1. The van der Waals surface area contributed by atoms with Gasteiger partial charge in [-0.05, 0) is 62.7 Å². The summed E-state index contributed by atoms with van der Waals surface area (Å²) < 4.78 is 0. The summed E-state index contributed by atoms with van der Waals surface area (Å²) >= 11 is 5.98. The highest BCUT2D eigenvalue weighted by molar-refractivity contribution is 6.30. The van der Waals surface area contributed by atoms with Crippen molar-refractivity contribution in [3.05, 3.63) is 64.7 Å². The number of rotatable bonds is 6. The lowest BCUT2D eigenvalue weighted by Gasteiger charge is -2.19. The van der Waals surface area contributed by atoms with Gasteiger partial charge < -0.3 is 15.5 Å². The monoisotopic (exact) mass is 373 g/mol. The van der Waals surface area contributed by atoms with Crippen LogP contribution in [0.25, 0.3) is 0 Å². The fourth-order valence-corrected chi connectivity index (χ4v) is 2.81. The molecule has 0 aliphatic rings. The van der Waals surface area contributed by atoms with Gasteiger partial charge in [0.2, 0.25) is 0 Å². The van der Waals surface area contributed by atoms with Gasteiger partial charge in [-0.25, -0.2) is 4.79 Å². The summed E-state index contributed by atoms with van der Waals surface area (Å²) in [6.07, 6.45) is 0. The van der Waals surface area contributed by atoms with Gasteiger partial charge in [0, 0.05) is 29.4 Å². The molecule has 1 atom stereocenters. The van der Waals surface area contributed by atoms with E-state index in [1.54, 1.807) is 35.2 Å². The molecule has 2 aromatic rings. The first kappa shape index (κ1) is 19.8. The van der Waals surface area contributed by atoms with Crippen molar-refractivity contribution in [1.29, 1.82) is 0 Å². The van der Waals surface area contributed by atoms with Gasteiger partial charge >= 0.3 is 6.03 Å². The third-order valence-corrected chi connectivity index (χ3v) is 4.37. The molecule has 0 radical (unpaired) electrons. The predicted octanol–water partition coefficient (Wildman–Crippen LogP) is 4.70. The van der Waals surface area contributed by atoms with Crippen LogP contribution in [0.5, 0.6) is 0 Å². The molecule has 0 unspecified atom stereocenters. The molecule has 0 bridgehead atoms. The predicted molar refractivity (Wildman–Crippen MR) is 106 cm³/mol. The van der Waals surface area contributed by atoms with Crippen molar-refractivity contribution in [2.45, 2.75) is 26.8 Å². The molecule has 0 spiro atoms. The Labute approximate surface area is 159 Å². The smallest absolute Gasteiger partial charge is 0.319 e. The molecule has 5 nitrogen and oxygen atoms in total. The van der Waals surface area contributed by atoms with E-state index in [9.17, 15) is 9.59 Å². The lowest BCUT2D eigenvalue weighted by molar-refractivity contribution is 0.0773. The molecule has 0 aliphatic carbocycles. The highest BCUT2D eigenvalue weighted by atomic mass is 35.5. The van der Waals surface area contributed by atoms with Crippen molar-refractivity contribution < 1.29 is 9.59 Å². The molecule has 0 aliphatic heterocycles. The van der Waals surface area contributed by atoms with E-state index in [0.29, 0.717) is 29.4 Å². The van der Waals surface area contributed by atoms with Crippen LogP contribution in [-0.4, -0.2) is 29.9 Å². The van der Waals surface area contributed by atoms with Gasteiger partial charge in [-0.3, -0.25) is 4.79 Å². The van der Waals surface area contributed by atoms with E-state index in [4.69, 9.17) is 11.6 Å². The molecule has 0 aromatic heterocycles. The van der Waals surface area contributed by atoms with E-state index in [1.165, 1.54) is 0 Å². The molecular formula is C20H24ClN3O2. The zero-order chi connectivity index (χ0) is 19.1. The lowest BCUT2D eigenvalue weighted by Crippen LogP contribution is -2.31. The van der Waals surface area contributed by atoms with Gasteiger partial charge in [0.15, 0.2) is 0 Å². The number of carbonyl (C=O) groups is 2. The van der Waals surface area contributed by atoms with Crippen LogP contribution in [0.2, 0.25) is 5.02 Å². The zero-order valence-electron chi connectivity index (χ0n) is 15.3.